The molecule has 0 bridgehead atoms. The Kier molecular flexibility index (Phi) is 2.61. The first kappa shape index (κ1) is 11.0. The van der Waals surface area contributed by atoms with Crippen molar-refractivity contribution in [3.63, 3.8) is 0 Å². The predicted octanol–water partition coefficient (Wildman–Crippen LogP) is 1.83. The van der Waals surface area contributed by atoms with Crippen molar-refractivity contribution in [2.45, 2.75) is 25.9 Å². The van der Waals surface area contributed by atoms with Gasteiger partial charge in [0.2, 0.25) is 0 Å². The molecule has 1 aromatic carbocycles. The highest BCUT2D eigenvalue weighted by Gasteiger charge is 2.40. The fourth-order valence-electron chi connectivity index (χ4n) is 2.21. The summed E-state index contributed by atoms with van der Waals surface area (Å²) in [4.78, 5) is 2.08. The Morgan fingerprint density at radius 2 is 2.19 bits per heavy atom. The fourth-order valence-corrected chi connectivity index (χ4v) is 2.21. The lowest BCUT2D eigenvalue weighted by Crippen LogP contribution is -2.62. The Labute approximate surface area is 95.9 Å². The summed E-state index contributed by atoms with van der Waals surface area (Å²) < 4.78 is 0. The molecule has 1 aromatic rings. The van der Waals surface area contributed by atoms with E-state index in [4.69, 9.17) is 5.26 Å². The average molecular weight is 216 g/mol. The van der Waals surface area contributed by atoms with Gasteiger partial charge in [-0.15, -0.1) is 0 Å². The Morgan fingerprint density at radius 3 is 2.75 bits per heavy atom. The highest BCUT2D eigenvalue weighted by atomic mass is 16.3. The first-order chi connectivity index (χ1) is 7.59. The quantitative estimate of drug-likeness (QED) is 0.820. The van der Waals surface area contributed by atoms with Crippen molar-refractivity contribution in [2.24, 2.45) is 0 Å². The van der Waals surface area contributed by atoms with E-state index in [1.807, 2.05) is 32.0 Å². The van der Waals surface area contributed by atoms with Crippen molar-refractivity contribution in [2.75, 3.05) is 18.0 Å². The zero-order valence-electron chi connectivity index (χ0n) is 9.70. The smallest absolute Gasteiger partial charge is 0.101 e. The molecule has 3 heteroatoms. The summed E-state index contributed by atoms with van der Waals surface area (Å²) in [7, 11) is 0. The normalized spacial score (nSPS) is 17.8. The highest BCUT2D eigenvalue weighted by molar-refractivity contribution is 5.65. The van der Waals surface area contributed by atoms with Gasteiger partial charge >= 0.3 is 0 Å². The van der Waals surface area contributed by atoms with Crippen molar-refractivity contribution in [3.05, 3.63) is 29.3 Å². The minimum atomic E-state index is -0.561. The number of rotatable bonds is 2. The third-order valence-electron chi connectivity index (χ3n) is 3.30. The van der Waals surface area contributed by atoms with E-state index < -0.39 is 5.60 Å². The molecule has 3 nitrogen and oxygen atoms in total. The summed E-state index contributed by atoms with van der Waals surface area (Å²) in [6.07, 6.45) is 0.761. The van der Waals surface area contributed by atoms with Gasteiger partial charge in [-0.3, -0.25) is 0 Å². The molecule has 1 fully saturated rings. The number of β-amino-alcohol motifs (C(OH)–C–C–N with tert-alkyl or cyclic N) is 1. The van der Waals surface area contributed by atoms with Gasteiger partial charge in [0.1, 0.15) is 6.07 Å². The van der Waals surface area contributed by atoms with Gasteiger partial charge in [0.05, 0.1) is 16.9 Å². The first-order valence-corrected chi connectivity index (χ1v) is 5.57. The van der Waals surface area contributed by atoms with Gasteiger partial charge in [-0.05, 0) is 25.0 Å². The average Bonchev–Trinajstić information content (AvgIpc) is 2.25. The van der Waals surface area contributed by atoms with Gasteiger partial charge in [0.25, 0.3) is 0 Å². The maximum absolute atomic E-state index is 9.98. The number of hydrogen-bond acceptors (Lipinski definition) is 3. The SMILES string of the molecule is CCC1(O)CN(c2c(C)cccc2C#N)C1. The standard InChI is InChI=1S/C13H16N2O/c1-3-13(16)8-15(9-13)12-10(2)5-4-6-11(12)7-14/h4-6,16H,3,8-9H2,1-2H3. The summed E-state index contributed by atoms with van der Waals surface area (Å²) in [5, 5.41) is 19.0. The second-order valence-electron chi connectivity index (χ2n) is 4.52. The number of anilines is 1. The maximum Gasteiger partial charge on any atom is 0.101 e. The van der Waals surface area contributed by atoms with Crippen LogP contribution < -0.4 is 4.90 Å². The van der Waals surface area contributed by atoms with Gasteiger partial charge in [-0.1, -0.05) is 19.1 Å². The van der Waals surface area contributed by atoms with E-state index in [9.17, 15) is 5.11 Å². The van der Waals surface area contributed by atoms with E-state index in [2.05, 4.69) is 11.0 Å². The molecule has 0 unspecified atom stereocenters. The second-order valence-corrected chi connectivity index (χ2v) is 4.52. The van der Waals surface area contributed by atoms with E-state index in [-0.39, 0.29) is 0 Å². The monoisotopic (exact) mass is 216 g/mol. The van der Waals surface area contributed by atoms with Gasteiger partial charge in [0.15, 0.2) is 0 Å². The van der Waals surface area contributed by atoms with Crippen LogP contribution in [0, 0.1) is 18.3 Å². The Bertz CT molecular complexity index is 442. The van der Waals surface area contributed by atoms with Crippen molar-refractivity contribution < 1.29 is 5.11 Å². The third-order valence-corrected chi connectivity index (χ3v) is 3.30. The lowest BCUT2D eigenvalue weighted by molar-refractivity contribution is 0.00845. The Balaban J connectivity index is 2.27. The molecule has 2 rings (SSSR count). The van der Waals surface area contributed by atoms with Gasteiger partial charge in [0, 0.05) is 13.1 Å². The van der Waals surface area contributed by atoms with Crippen LogP contribution in [0.4, 0.5) is 5.69 Å². The summed E-state index contributed by atoms with van der Waals surface area (Å²) in [6, 6.07) is 7.92. The van der Waals surface area contributed by atoms with Crippen LogP contribution in [0.2, 0.25) is 0 Å². The second kappa shape index (κ2) is 3.80. The maximum atomic E-state index is 9.98. The van der Waals surface area contributed by atoms with Crippen molar-refractivity contribution >= 4 is 5.69 Å². The molecular weight excluding hydrogens is 200 g/mol. The largest absolute Gasteiger partial charge is 0.386 e. The van der Waals surface area contributed by atoms with Gasteiger partial charge in [-0.2, -0.15) is 5.26 Å². The van der Waals surface area contributed by atoms with Crippen molar-refractivity contribution in [1.29, 1.82) is 5.26 Å². The molecule has 0 spiro atoms. The van der Waals surface area contributed by atoms with Crippen LogP contribution in [0.15, 0.2) is 18.2 Å². The third kappa shape index (κ3) is 1.66. The summed E-state index contributed by atoms with van der Waals surface area (Å²) in [5.41, 5.74) is 2.20. The zero-order valence-corrected chi connectivity index (χ0v) is 9.70. The number of nitrogens with zero attached hydrogens (tertiary/aromatic N) is 2. The molecule has 0 amide bonds. The number of nitriles is 1. The number of benzene rings is 1. The lowest BCUT2D eigenvalue weighted by atomic mass is 9.89. The topological polar surface area (TPSA) is 47.3 Å². The molecule has 1 saturated heterocycles. The zero-order chi connectivity index (χ0) is 11.8. The molecule has 16 heavy (non-hydrogen) atoms. The molecule has 1 N–H and O–H groups in total. The van der Waals surface area contributed by atoms with E-state index in [1.165, 1.54) is 0 Å². The Hall–Kier alpha value is -1.53. The summed E-state index contributed by atoms with van der Waals surface area (Å²) >= 11 is 0. The van der Waals surface area contributed by atoms with Crippen LogP contribution in [0.1, 0.15) is 24.5 Å². The van der Waals surface area contributed by atoms with Crippen LogP contribution in [0.25, 0.3) is 0 Å². The highest BCUT2D eigenvalue weighted by Crippen LogP contribution is 2.34. The molecule has 0 saturated carbocycles. The first-order valence-electron chi connectivity index (χ1n) is 5.57. The Morgan fingerprint density at radius 1 is 1.50 bits per heavy atom. The van der Waals surface area contributed by atoms with Crippen LogP contribution in [-0.4, -0.2) is 23.8 Å². The van der Waals surface area contributed by atoms with Crippen LogP contribution in [-0.2, 0) is 0 Å². The molecule has 0 aliphatic carbocycles. The fraction of sp³-hybridized carbons (Fsp3) is 0.462. The van der Waals surface area contributed by atoms with Crippen LogP contribution in [0.3, 0.4) is 0 Å². The minimum absolute atomic E-state index is 0.561. The lowest BCUT2D eigenvalue weighted by Gasteiger charge is -2.48. The van der Waals surface area contributed by atoms with Crippen LogP contribution in [0.5, 0.6) is 0 Å². The molecule has 0 atom stereocenters. The van der Waals surface area contributed by atoms with E-state index in [1.54, 1.807) is 0 Å². The molecule has 1 aliphatic rings. The van der Waals surface area contributed by atoms with Gasteiger partial charge in [-0.25, -0.2) is 0 Å². The summed E-state index contributed by atoms with van der Waals surface area (Å²) in [6.45, 7) is 5.24. The number of para-hydroxylation sites is 1. The molecule has 0 aromatic heterocycles. The number of hydrogen-bond donors (Lipinski definition) is 1. The molecule has 0 radical (unpaired) electrons. The van der Waals surface area contributed by atoms with Crippen LogP contribution >= 0.6 is 0 Å². The van der Waals surface area contributed by atoms with E-state index in [0.29, 0.717) is 18.7 Å². The molecular formula is C13H16N2O. The predicted molar refractivity (Wildman–Crippen MR) is 63.3 cm³/mol. The van der Waals surface area contributed by atoms with E-state index >= 15 is 0 Å². The number of aliphatic hydroxyl groups is 1. The summed E-state index contributed by atoms with van der Waals surface area (Å²) in [5.74, 6) is 0. The van der Waals surface area contributed by atoms with Crippen molar-refractivity contribution in [3.8, 4) is 6.07 Å². The molecule has 1 aliphatic heterocycles. The van der Waals surface area contributed by atoms with Crippen molar-refractivity contribution in [1.82, 2.24) is 0 Å². The minimum Gasteiger partial charge on any atom is -0.386 e. The molecule has 84 valence electrons. The number of aryl methyl sites for hydroxylation is 1. The van der Waals surface area contributed by atoms with E-state index in [0.717, 1.165) is 17.7 Å². The van der Waals surface area contributed by atoms with Gasteiger partial charge < -0.3 is 10.0 Å². The molecule has 1 heterocycles.